The van der Waals surface area contributed by atoms with Gasteiger partial charge in [-0.3, -0.25) is 9.69 Å². The number of nitrogens with zero attached hydrogens (tertiary/aromatic N) is 1. The van der Waals surface area contributed by atoms with Crippen molar-refractivity contribution in [2.24, 2.45) is 0 Å². The summed E-state index contributed by atoms with van der Waals surface area (Å²) in [6.07, 6.45) is 5.28. The van der Waals surface area contributed by atoms with Crippen LogP contribution in [0.2, 0.25) is 0 Å². The average Bonchev–Trinajstić information content (AvgIpc) is 2.30. The molecular formula is C15H30N2O2. The Morgan fingerprint density at radius 1 is 1.47 bits per heavy atom. The van der Waals surface area contributed by atoms with Crippen LogP contribution in [0.1, 0.15) is 59.8 Å². The molecule has 0 aromatic heterocycles. The van der Waals surface area contributed by atoms with Gasteiger partial charge in [0.25, 0.3) is 0 Å². The number of carbonyl (C=O) groups is 1. The molecule has 0 aromatic carbocycles. The molecule has 0 aliphatic heterocycles. The first kappa shape index (κ1) is 16.4. The number of hydrogen-bond acceptors (Lipinski definition) is 3. The Morgan fingerprint density at radius 2 is 2.11 bits per heavy atom. The summed E-state index contributed by atoms with van der Waals surface area (Å²) in [6, 6.07) is 0.416. The maximum Gasteiger partial charge on any atom is 0.237 e. The van der Waals surface area contributed by atoms with E-state index in [-0.39, 0.29) is 24.1 Å². The van der Waals surface area contributed by atoms with Gasteiger partial charge < -0.3 is 10.4 Å². The van der Waals surface area contributed by atoms with E-state index in [0.717, 1.165) is 19.4 Å². The van der Waals surface area contributed by atoms with Gasteiger partial charge in [-0.2, -0.15) is 0 Å². The van der Waals surface area contributed by atoms with Crippen LogP contribution in [0.15, 0.2) is 0 Å². The van der Waals surface area contributed by atoms with E-state index >= 15 is 0 Å². The Bertz CT molecular complexity index is 288. The van der Waals surface area contributed by atoms with Gasteiger partial charge in [0.2, 0.25) is 5.91 Å². The fourth-order valence-corrected chi connectivity index (χ4v) is 2.34. The summed E-state index contributed by atoms with van der Waals surface area (Å²) >= 11 is 0. The Balaban J connectivity index is 2.58. The molecule has 0 heterocycles. The third-order valence-electron chi connectivity index (χ3n) is 4.34. The van der Waals surface area contributed by atoms with Crippen molar-refractivity contribution in [1.82, 2.24) is 10.2 Å². The smallest absolute Gasteiger partial charge is 0.237 e. The fraction of sp³-hybridized carbons (Fsp3) is 0.933. The van der Waals surface area contributed by atoms with Crippen LogP contribution in [0.5, 0.6) is 0 Å². The van der Waals surface area contributed by atoms with Gasteiger partial charge >= 0.3 is 0 Å². The van der Waals surface area contributed by atoms with Crippen molar-refractivity contribution in [2.45, 2.75) is 77.4 Å². The summed E-state index contributed by atoms with van der Waals surface area (Å²) in [6.45, 7) is 9.18. The van der Waals surface area contributed by atoms with Gasteiger partial charge in [-0.05, 0) is 46.5 Å². The molecule has 2 N–H and O–H groups in total. The van der Waals surface area contributed by atoms with Crippen LogP contribution in [0, 0.1) is 0 Å². The summed E-state index contributed by atoms with van der Waals surface area (Å²) in [4.78, 5) is 14.6. The second-order valence-electron chi connectivity index (χ2n) is 6.30. The minimum Gasteiger partial charge on any atom is -0.396 e. The predicted octanol–water partition coefficient (Wildman–Crippen LogP) is 1.92. The highest BCUT2D eigenvalue weighted by Gasteiger charge is 2.32. The first-order valence-corrected chi connectivity index (χ1v) is 7.60. The minimum atomic E-state index is -0.145. The summed E-state index contributed by atoms with van der Waals surface area (Å²) < 4.78 is 0. The van der Waals surface area contributed by atoms with Crippen LogP contribution in [0.25, 0.3) is 0 Å². The van der Waals surface area contributed by atoms with Crippen LogP contribution in [-0.2, 0) is 4.79 Å². The van der Waals surface area contributed by atoms with Crippen LogP contribution >= 0.6 is 0 Å². The van der Waals surface area contributed by atoms with E-state index in [9.17, 15) is 4.79 Å². The van der Waals surface area contributed by atoms with Crippen molar-refractivity contribution in [1.29, 1.82) is 0 Å². The second-order valence-corrected chi connectivity index (χ2v) is 6.30. The quantitative estimate of drug-likeness (QED) is 0.708. The Labute approximate surface area is 117 Å². The number of carbonyl (C=O) groups excluding carboxylic acids is 1. The summed E-state index contributed by atoms with van der Waals surface area (Å²) in [5.41, 5.74) is -0.145. The first-order chi connectivity index (χ1) is 8.91. The van der Waals surface area contributed by atoms with Crippen LogP contribution in [-0.4, -0.2) is 46.7 Å². The molecule has 1 aliphatic carbocycles. The molecule has 0 aromatic rings. The predicted molar refractivity (Wildman–Crippen MR) is 78.0 cm³/mol. The first-order valence-electron chi connectivity index (χ1n) is 7.60. The highest BCUT2D eigenvalue weighted by molar-refractivity contribution is 5.82. The lowest BCUT2D eigenvalue weighted by Gasteiger charge is -2.41. The largest absolute Gasteiger partial charge is 0.396 e. The lowest BCUT2D eigenvalue weighted by atomic mass is 9.90. The van der Waals surface area contributed by atoms with Gasteiger partial charge in [-0.1, -0.05) is 13.3 Å². The molecule has 112 valence electrons. The number of aliphatic hydroxyl groups excluding tert-OH is 1. The molecule has 1 unspecified atom stereocenters. The van der Waals surface area contributed by atoms with Crippen molar-refractivity contribution in [3.8, 4) is 0 Å². The summed E-state index contributed by atoms with van der Waals surface area (Å²) in [7, 11) is 0. The van der Waals surface area contributed by atoms with E-state index in [1.54, 1.807) is 0 Å². The lowest BCUT2D eigenvalue weighted by Crippen LogP contribution is -2.55. The third-order valence-corrected chi connectivity index (χ3v) is 4.34. The summed E-state index contributed by atoms with van der Waals surface area (Å²) in [5.74, 6) is 0.108. The fourth-order valence-electron chi connectivity index (χ4n) is 2.34. The highest BCUT2D eigenvalue weighted by Crippen LogP contribution is 2.27. The zero-order chi connectivity index (χ0) is 14.5. The zero-order valence-electron chi connectivity index (χ0n) is 12.9. The van der Waals surface area contributed by atoms with Crippen molar-refractivity contribution in [2.75, 3.05) is 13.2 Å². The van der Waals surface area contributed by atoms with Crippen LogP contribution < -0.4 is 5.32 Å². The monoisotopic (exact) mass is 270 g/mol. The topological polar surface area (TPSA) is 52.6 Å². The van der Waals surface area contributed by atoms with Gasteiger partial charge in [0, 0.05) is 24.7 Å². The highest BCUT2D eigenvalue weighted by atomic mass is 16.3. The normalized spacial score (nSPS) is 18.2. The van der Waals surface area contributed by atoms with E-state index in [1.165, 1.54) is 19.3 Å². The minimum absolute atomic E-state index is 0.108. The summed E-state index contributed by atoms with van der Waals surface area (Å²) in [5, 5.41) is 12.1. The Hall–Kier alpha value is -0.610. The zero-order valence-corrected chi connectivity index (χ0v) is 12.9. The number of amides is 1. The standard InChI is InChI=1S/C15H30N2O2/c1-5-15(3,4)16-14(19)12(2)17(10-7-11-18)13-8-6-9-13/h12-13,18H,5-11H2,1-4H3,(H,16,19). The van der Waals surface area contributed by atoms with E-state index in [1.807, 2.05) is 6.92 Å². The SMILES string of the molecule is CCC(C)(C)NC(=O)C(C)N(CCCO)C1CCC1. The molecule has 1 rings (SSSR count). The van der Waals surface area contributed by atoms with E-state index in [2.05, 4.69) is 31.0 Å². The molecule has 1 atom stereocenters. The Kier molecular flexibility index (Phi) is 6.27. The third kappa shape index (κ3) is 4.77. The van der Waals surface area contributed by atoms with Gasteiger partial charge in [-0.25, -0.2) is 0 Å². The molecule has 0 bridgehead atoms. The Morgan fingerprint density at radius 3 is 2.53 bits per heavy atom. The number of aliphatic hydroxyl groups is 1. The molecule has 0 spiro atoms. The average molecular weight is 270 g/mol. The van der Waals surface area contributed by atoms with Crippen molar-refractivity contribution < 1.29 is 9.90 Å². The van der Waals surface area contributed by atoms with Crippen molar-refractivity contribution in [3.05, 3.63) is 0 Å². The number of rotatable bonds is 8. The number of hydrogen-bond donors (Lipinski definition) is 2. The van der Waals surface area contributed by atoms with Crippen molar-refractivity contribution >= 4 is 5.91 Å². The maximum atomic E-state index is 12.4. The molecule has 19 heavy (non-hydrogen) atoms. The molecule has 1 amide bonds. The van der Waals surface area contributed by atoms with E-state index < -0.39 is 0 Å². The van der Waals surface area contributed by atoms with Crippen molar-refractivity contribution in [3.63, 3.8) is 0 Å². The van der Waals surface area contributed by atoms with Crippen LogP contribution in [0.3, 0.4) is 0 Å². The molecule has 4 heteroatoms. The molecular weight excluding hydrogens is 240 g/mol. The van der Waals surface area contributed by atoms with Gasteiger partial charge in [-0.15, -0.1) is 0 Å². The van der Waals surface area contributed by atoms with E-state index in [4.69, 9.17) is 5.11 Å². The van der Waals surface area contributed by atoms with Crippen LogP contribution in [0.4, 0.5) is 0 Å². The molecule has 4 nitrogen and oxygen atoms in total. The van der Waals surface area contributed by atoms with Gasteiger partial charge in [0.15, 0.2) is 0 Å². The lowest BCUT2D eigenvalue weighted by molar-refractivity contribution is -0.129. The molecule has 0 radical (unpaired) electrons. The molecule has 1 aliphatic rings. The van der Waals surface area contributed by atoms with E-state index in [0.29, 0.717) is 6.04 Å². The molecule has 1 fully saturated rings. The maximum absolute atomic E-state index is 12.4. The van der Waals surface area contributed by atoms with Gasteiger partial charge in [0.05, 0.1) is 6.04 Å². The molecule has 0 saturated heterocycles. The van der Waals surface area contributed by atoms with Gasteiger partial charge in [0.1, 0.15) is 0 Å². The second kappa shape index (κ2) is 7.25. The number of nitrogens with one attached hydrogen (secondary N) is 1. The molecule has 1 saturated carbocycles.